The molecule has 1 heterocycles. The molecule has 2 rings (SSSR count). The van der Waals surface area contributed by atoms with Crippen molar-refractivity contribution in [1.82, 2.24) is 20.1 Å². The van der Waals surface area contributed by atoms with E-state index in [-0.39, 0.29) is 11.7 Å². The molecule has 0 spiro atoms. The minimum atomic E-state index is -0.862. The van der Waals surface area contributed by atoms with Gasteiger partial charge in [0, 0.05) is 25.8 Å². The molecule has 0 fully saturated rings. The lowest BCUT2D eigenvalue weighted by Crippen LogP contribution is -2.37. The van der Waals surface area contributed by atoms with Gasteiger partial charge in [-0.2, -0.15) is 0 Å². The monoisotopic (exact) mass is 392 g/mol. The maximum absolute atomic E-state index is 12.0. The summed E-state index contributed by atoms with van der Waals surface area (Å²) < 4.78 is 12.0. The summed E-state index contributed by atoms with van der Waals surface area (Å²) in [7, 11) is 1.55. The first-order valence-corrected chi connectivity index (χ1v) is 9.62. The summed E-state index contributed by atoms with van der Waals surface area (Å²) in [5.41, 5.74) is 0.961. The Kier molecular flexibility index (Phi) is 8.28. The first-order chi connectivity index (χ1) is 13.1. The number of amides is 1. The number of carbonyl (C=O) groups is 2. The van der Waals surface area contributed by atoms with Gasteiger partial charge in [0.1, 0.15) is 0 Å². The Hall–Kier alpha value is -2.39. The van der Waals surface area contributed by atoms with E-state index in [0.29, 0.717) is 24.9 Å². The van der Waals surface area contributed by atoms with E-state index in [1.165, 1.54) is 18.7 Å². The van der Waals surface area contributed by atoms with Crippen molar-refractivity contribution in [3.8, 4) is 11.4 Å². The van der Waals surface area contributed by atoms with Crippen LogP contribution in [0.4, 0.5) is 0 Å². The second-order valence-electron chi connectivity index (χ2n) is 5.62. The summed E-state index contributed by atoms with van der Waals surface area (Å²) in [5.74, 6) is -0.0440. The van der Waals surface area contributed by atoms with Crippen molar-refractivity contribution < 1.29 is 19.1 Å². The van der Waals surface area contributed by atoms with Crippen LogP contribution in [0.1, 0.15) is 13.8 Å². The zero-order valence-electron chi connectivity index (χ0n) is 15.7. The van der Waals surface area contributed by atoms with Crippen LogP contribution in [0.2, 0.25) is 0 Å². The van der Waals surface area contributed by atoms with E-state index in [9.17, 15) is 9.59 Å². The van der Waals surface area contributed by atoms with Gasteiger partial charge in [0.05, 0.1) is 12.4 Å². The van der Waals surface area contributed by atoms with Crippen LogP contribution < -0.4 is 5.32 Å². The van der Waals surface area contributed by atoms with Crippen LogP contribution in [0.25, 0.3) is 11.4 Å². The van der Waals surface area contributed by atoms with E-state index >= 15 is 0 Å². The van der Waals surface area contributed by atoms with E-state index in [4.69, 9.17) is 9.47 Å². The highest BCUT2D eigenvalue weighted by atomic mass is 32.2. The lowest BCUT2D eigenvalue weighted by molar-refractivity contribution is -0.152. The molecule has 2 aromatic rings. The summed E-state index contributed by atoms with van der Waals surface area (Å²) >= 11 is 1.23. The van der Waals surface area contributed by atoms with Gasteiger partial charge >= 0.3 is 5.97 Å². The van der Waals surface area contributed by atoms with Crippen LogP contribution in [-0.4, -0.2) is 58.8 Å². The van der Waals surface area contributed by atoms with E-state index in [0.717, 1.165) is 11.4 Å². The standard InChI is InChI=1S/C18H24N4O4S/c1-4-22-16(14-8-6-5-7-9-14)20-21-18(22)27-12-15(23)26-13(2)17(24)19-10-11-25-3/h5-9,13H,4,10-12H2,1-3H3,(H,19,24)/t13-/m1/s1. The molecule has 8 nitrogen and oxygen atoms in total. The van der Waals surface area contributed by atoms with Gasteiger partial charge in [-0.25, -0.2) is 0 Å². The largest absolute Gasteiger partial charge is 0.452 e. The van der Waals surface area contributed by atoms with Crippen molar-refractivity contribution in [3.63, 3.8) is 0 Å². The van der Waals surface area contributed by atoms with Crippen LogP contribution >= 0.6 is 11.8 Å². The molecule has 0 radical (unpaired) electrons. The summed E-state index contributed by atoms with van der Waals surface area (Å²) in [6.07, 6.45) is -0.862. The normalized spacial score (nSPS) is 11.8. The molecule has 0 bridgehead atoms. The quantitative estimate of drug-likeness (QED) is 0.374. The third kappa shape index (κ3) is 6.07. The molecule has 1 aromatic carbocycles. The van der Waals surface area contributed by atoms with Gasteiger partial charge in [0.15, 0.2) is 17.1 Å². The van der Waals surface area contributed by atoms with Crippen LogP contribution in [0.5, 0.6) is 0 Å². The lowest BCUT2D eigenvalue weighted by Gasteiger charge is -2.13. The van der Waals surface area contributed by atoms with Crippen molar-refractivity contribution in [2.45, 2.75) is 31.7 Å². The Morgan fingerprint density at radius 2 is 2.00 bits per heavy atom. The average molecular weight is 392 g/mol. The molecule has 146 valence electrons. The Labute approximate surface area is 162 Å². The Morgan fingerprint density at radius 1 is 1.26 bits per heavy atom. The van der Waals surface area contributed by atoms with Gasteiger partial charge in [-0.15, -0.1) is 10.2 Å². The predicted molar refractivity (Wildman–Crippen MR) is 102 cm³/mol. The van der Waals surface area contributed by atoms with Crippen LogP contribution in [-0.2, 0) is 25.6 Å². The molecule has 9 heteroatoms. The van der Waals surface area contributed by atoms with Gasteiger partial charge in [0.2, 0.25) is 0 Å². The minimum absolute atomic E-state index is 0.0443. The molecule has 1 aromatic heterocycles. The van der Waals surface area contributed by atoms with Gasteiger partial charge in [-0.05, 0) is 13.8 Å². The number of hydrogen-bond donors (Lipinski definition) is 1. The van der Waals surface area contributed by atoms with E-state index < -0.39 is 12.1 Å². The highest BCUT2D eigenvalue weighted by Gasteiger charge is 2.19. The number of carbonyl (C=O) groups excluding carboxylic acids is 2. The number of thioether (sulfide) groups is 1. The smallest absolute Gasteiger partial charge is 0.317 e. The number of nitrogens with zero attached hydrogens (tertiary/aromatic N) is 3. The van der Waals surface area contributed by atoms with Crippen molar-refractivity contribution in [1.29, 1.82) is 0 Å². The molecule has 0 saturated heterocycles. The lowest BCUT2D eigenvalue weighted by atomic mass is 10.2. The third-order valence-corrected chi connectivity index (χ3v) is 4.61. The van der Waals surface area contributed by atoms with Crippen LogP contribution in [0.15, 0.2) is 35.5 Å². The minimum Gasteiger partial charge on any atom is -0.452 e. The van der Waals surface area contributed by atoms with Gasteiger partial charge < -0.3 is 19.4 Å². The summed E-state index contributed by atoms with van der Waals surface area (Å²) in [4.78, 5) is 23.8. The number of methoxy groups -OCH3 is 1. The highest BCUT2D eigenvalue weighted by Crippen LogP contribution is 2.23. The molecule has 1 amide bonds. The molecule has 1 N–H and O–H groups in total. The highest BCUT2D eigenvalue weighted by molar-refractivity contribution is 7.99. The SMILES string of the molecule is CCn1c(SCC(=O)O[C@H](C)C(=O)NCCOC)nnc1-c1ccccc1. The second-order valence-corrected chi connectivity index (χ2v) is 6.56. The maximum atomic E-state index is 12.0. The van der Waals surface area contributed by atoms with Crippen molar-refractivity contribution >= 4 is 23.6 Å². The van der Waals surface area contributed by atoms with Crippen molar-refractivity contribution in [2.75, 3.05) is 26.0 Å². The molecule has 0 saturated carbocycles. The number of benzene rings is 1. The Balaban J connectivity index is 1.90. The van der Waals surface area contributed by atoms with Crippen molar-refractivity contribution in [2.24, 2.45) is 0 Å². The third-order valence-electron chi connectivity index (χ3n) is 3.67. The number of aromatic nitrogens is 3. The first-order valence-electron chi connectivity index (χ1n) is 8.64. The molecular weight excluding hydrogens is 368 g/mol. The van der Waals surface area contributed by atoms with E-state index in [2.05, 4.69) is 15.5 Å². The van der Waals surface area contributed by atoms with Gasteiger partial charge in [-0.1, -0.05) is 42.1 Å². The zero-order valence-corrected chi connectivity index (χ0v) is 16.5. The van der Waals surface area contributed by atoms with Crippen LogP contribution in [0, 0.1) is 0 Å². The van der Waals surface area contributed by atoms with E-state index in [1.54, 1.807) is 7.11 Å². The topological polar surface area (TPSA) is 95.3 Å². The maximum Gasteiger partial charge on any atom is 0.317 e. The number of rotatable bonds is 10. The van der Waals surface area contributed by atoms with E-state index in [1.807, 2.05) is 41.8 Å². The fourth-order valence-corrected chi connectivity index (χ4v) is 3.09. The van der Waals surface area contributed by atoms with Crippen molar-refractivity contribution in [3.05, 3.63) is 30.3 Å². The summed E-state index contributed by atoms with van der Waals surface area (Å²) in [5, 5.41) is 11.7. The molecule has 0 aliphatic carbocycles. The van der Waals surface area contributed by atoms with Crippen LogP contribution in [0.3, 0.4) is 0 Å². The summed E-state index contributed by atoms with van der Waals surface area (Å²) in [6.45, 7) is 4.97. The average Bonchev–Trinajstić information content (AvgIpc) is 3.10. The van der Waals surface area contributed by atoms with Gasteiger partial charge in [-0.3, -0.25) is 9.59 Å². The molecule has 0 aliphatic rings. The molecule has 0 aliphatic heterocycles. The fraction of sp³-hybridized carbons (Fsp3) is 0.444. The molecule has 0 unspecified atom stereocenters. The number of hydrogen-bond acceptors (Lipinski definition) is 7. The first kappa shape index (κ1) is 20.9. The number of nitrogens with one attached hydrogen (secondary N) is 1. The second kappa shape index (κ2) is 10.7. The fourth-order valence-electron chi connectivity index (χ4n) is 2.31. The molecule has 27 heavy (non-hydrogen) atoms. The number of ether oxygens (including phenoxy) is 2. The Bertz CT molecular complexity index is 751. The zero-order chi connectivity index (χ0) is 19.6. The van der Waals surface area contributed by atoms with Gasteiger partial charge in [0.25, 0.3) is 5.91 Å². The number of esters is 1. The molecular formula is C18H24N4O4S. The predicted octanol–water partition coefficient (Wildman–Crippen LogP) is 1.75. The Morgan fingerprint density at radius 3 is 2.67 bits per heavy atom. The summed E-state index contributed by atoms with van der Waals surface area (Å²) in [6, 6.07) is 9.74. The molecule has 1 atom stereocenters.